The van der Waals surface area contributed by atoms with Crippen LogP contribution >= 0.6 is 34.7 Å². The Morgan fingerprint density at radius 1 is 1.37 bits per heavy atom. The van der Waals surface area contributed by atoms with E-state index in [9.17, 15) is 10.1 Å². The average Bonchev–Trinajstić information content (AvgIpc) is 3.23. The van der Waals surface area contributed by atoms with E-state index in [0.717, 1.165) is 40.7 Å². The maximum atomic E-state index is 10.8. The zero-order chi connectivity index (χ0) is 18.8. The van der Waals surface area contributed by atoms with Crippen LogP contribution in [0.25, 0.3) is 0 Å². The molecule has 0 bridgehead atoms. The lowest BCUT2D eigenvalue weighted by molar-refractivity contribution is -0.380. The van der Waals surface area contributed by atoms with E-state index in [1.807, 2.05) is 23.6 Å². The number of benzene rings is 1. The first kappa shape index (κ1) is 18.3. The van der Waals surface area contributed by atoms with Crippen molar-refractivity contribution in [3.8, 4) is 5.75 Å². The van der Waals surface area contributed by atoms with Gasteiger partial charge in [-0.25, -0.2) is 0 Å². The van der Waals surface area contributed by atoms with Crippen molar-refractivity contribution >= 4 is 39.7 Å². The highest BCUT2D eigenvalue weighted by atomic mass is 35.5. The van der Waals surface area contributed by atoms with Crippen LogP contribution in [0, 0.1) is 10.1 Å². The summed E-state index contributed by atoms with van der Waals surface area (Å²) in [5.41, 5.74) is 0.913. The normalized spacial score (nSPS) is 13.7. The summed E-state index contributed by atoms with van der Waals surface area (Å²) >= 11 is 8.80. The van der Waals surface area contributed by atoms with Crippen LogP contribution < -0.4 is 4.74 Å². The largest absolute Gasteiger partial charge is 0.484 e. The molecule has 2 aromatic heterocycles. The van der Waals surface area contributed by atoms with Crippen molar-refractivity contribution in [1.82, 2.24) is 14.8 Å². The van der Waals surface area contributed by atoms with Gasteiger partial charge in [0.25, 0.3) is 0 Å². The summed E-state index contributed by atoms with van der Waals surface area (Å²) in [6, 6.07) is 9.32. The van der Waals surface area contributed by atoms with Crippen LogP contribution in [0.15, 0.2) is 40.9 Å². The highest BCUT2D eigenvalue weighted by molar-refractivity contribution is 7.98. The van der Waals surface area contributed by atoms with Crippen LogP contribution in [-0.4, -0.2) is 19.7 Å². The Balaban J connectivity index is 1.45. The van der Waals surface area contributed by atoms with Gasteiger partial charge in [0, 0.05) is 23.2 Å². The standard InChI is InChI=1S/C17H15ClN4O3S2/c18-13-3-1-2-4-14(13)25-8-15-19-20-17(21(15)12-5-6-12)27-10-11-7-16(22(23)24)26-9-11/h1-4,7,9,12H,5-6,8,10H2. The molecule has 0 radical (unpaired) electrons. The Kier molecular flexibility index (Phi) is 5.33. The Morgan fingerprint density at radius 3 is 2.89 bits per heavy atom. The maximum absolute atomic E-state index is 10.8. The highest BCUT2D eigenvalue weighted by Crippen LogP contribution is 2.40. The molecule has 10 heteroatoms. The molecule has 4 rings (SSSR count). The Labute approximate surface area is 168 Å². The molecule has 0 aliphatic heterocycles. The van der Waals surface area contributed by atoms with E-state index in [1.165, 1.54) is 11.8 Å². The van der Waals surface area contributed by atoms with Gasteiger partial charge in [-0.1, -0.05) is 46.8 Å². The topological polar surface area (TPSA) is 83.1 Å². The van der Waals surface area contributed by atoms with E-state index >= 15 is 0 Å². The number of halogens is 1. The maximum Gasteiger partial charge on any atom is 0.324 e. The molecular weight excluding hydrogens is 408 g/mol. The molecule has 2 heterocycles. The molecule has 140 valence electrons. The van der Waals surface area contributed by atoms with Crippen molar-refractivity contribution in [2.24, 2.45) is 0 Å². The molecule has 0 saturated heterocycles. The van der Waals surface area contributed by atoms with E-state index in [0.29, 0.717) is 22.6 Å². The van der Waals surface area contributed by atoms with Gasteiger partial charge in [0.1, 0.15) is 12.4 Å². The number of hydrogen-bond donors (Lipinski definition) is 0. The minimum Gasteiger partial charge on any atom is -0.484 e. The number of nitrogens with zero attached hydrogens (tertiary/aromatic N) is 4. The van der Waals surface area contributed by atoms with Gasteiger partial charge < -0.3 is 4.74 Å². The van der Waals surface area contributed by atoms with E-state index in [2.05, 4.69) is 14.8 Å². The quantitative estimate of drug-likeness (QED) is 0.285. The summed E-state index contributed by atoms with van der Waals surface area (Å²) in [4.78, 5) is 10.5. The fraction of sp³-hybridized carbons (Fsp3) is 0.294. The molecule has 0 amide bonds. The van der Waals surface area contributed by atoms with Crippen molar-refractivity contribution in [3.05, 3.63) is 62.2 Å². The lowest BCUT2D eigenvalue weighted by Gasteiger charge is -2.10. The SMILES string of the molecule is O=[N+]([O-])c1cc(CSc2nnc(COc3ccccc3Cl)n2C2CC2)cs1. The zero-order valence-electron chi connectivity index (χ0n) is 14.1. The molecule has 1 aromatic carbocycles. The molecule has 1 aliphatic carbocycles. The van der Waals surface area contributed by atoms with Gasteiger partial charge in [-0.05, 0) is 30.5 Å². The molecular formula is C17H15ClN4O3S2. The molecule has 0 spiro atoms. The molecule has 1 fully saturated rings. The van der Waals surface area contributed by atoms with Crippen LogP contribution in [0.4, 0.5) is 5.00 Å². The number of nitro groups is 1. The van der Waals surface area contributed by atoms with Gasteiger partial charge in [0.15, 0.2) is 11.0 Å². The fourth-order valence-electron chi connectivity index (χ4n) is 2.59. The number of para-hydroxylation sites is 1. The molecule has 1 saturated carbocycles. The van der Waals surface area contributed by atoms with E-state index < -0.39 is 0 Å². The van der Waals surface area contributed by atoms with Gasteiger partial charge >= 0.3 is 5.00 Å². The highest BCUT2D eigenvalue weighted by Gasteiger charge is 2.30. The van der Waals surface area contributed by atoms with E-state index in [1.54, 1.807) is 12.1 Å². The second-order valence-electron chi connectivity index (χ2n) is 6.06. The third kappa shape index (κ3) is 4.26. The van der Waals surface area contributed by atoms with E-state index in [4.69, 9.17) is 16.3 Å². The van der Waals surface area contributed by atoms with Crippen LogP contribution in [0.3, 0.4) is 0 Å². The number of thiophene rings is 1. The summed E-state index contributed by atoms with van der Waals surface area (Å²) < 4.78 is 7.92. The van der Waals surface area contributed by atoms with Crippen LogP contribution in [0.5, 0.6) is 5.75 Å². The molecule has 7 nitrogen and oxygen atoms in total. The first-order chi connectivity index (χ1) is 13.1. The molecule has 0 atom stereocenters. The predicted octanol–water partition coefficient (Wildman–Crippen LogP) is 5.11. The molecule has 27 heavy (non-hydrogen) atoms. The van der Waals surface area contributed by atoms with Gasteiger partial charge in [-0.15, -0.1) is 10.2 Å². The third-order valence-electron chi connectivity index (χ3n) is 4.03. The zero-order valence-corrected chi connectivity index (χ0v) is 16.5. The smallest absolute Gasteiger partial charge is 0.324 e. The van der Waals surface area contributed by atoms with Gasteiger partial charge in [0.2, 0.25) is 0 Å². The lowest BCUT2D eigenvalue weighted by atomic mass is 10.3. The Bertz CT molecular complexity index is 971. The van der Waals surface area contributed by atoms with Crippen molar-refractivity contribution in [2.45, 2.75) is 36.4 Å². The van der Waals surface area contributed by atoms with Gasteiger partial charge in [0.05, 0.1) is 9.95 Å². The molecule has 3 aromatic rings. The van der Waals surface area contributed by atoms with Crippen molar-refractivity contribution in [2.75, 3.05) is 0 Å². The number of rotatable bonds is 8. The second kappa shape index (κ2) is 7.87. The molecule has 1 aliphatic rings. The van der Waals surface area contributed by atoms with Gasteiger partial charge in [-0.3, -0.25) is 14.7 Å². The summed E-state index contributed by atoms with van der Waals surface area (Å²) in [5.74, 6) is 1.99. The van der Waals surface area contributed by atoms with Crippen LogP contribution in [0.2, 0.25) is 5.02 Å². The molecule has 0 unspecified atom stereocenters. The van der Waals surface area contributed by atoms with E-state index in [-0.39, 0.29) is 16.5 Å². The number of thioether (sulfide) groups is 1. The monoisotopic (exact) mass is 422 g/mol. The Morgan fingerprint density at radius 2 is 2.19 bits per heavy atom. The van der Waals surface area contributed by atoms with Crippen molar-refractivity contribution < 1.29 is 9.66 Å². The number of aromatic nitrogens is 3. The van der Waals surface area contributed by atoms with Gasteiger partial charge in [-0.2, -0.15) is 0 Å². The average molecular weight is 423 g/mol. The lowest BCUT2D eigenvalue weighted by Crippen LogP contribution is -2.07. The van der Waals surface area contributed by atoms with Crippen molar-refractivity contribution in [1.29, 1.82) is 0 Å². The molecule has 0 N–H and O–H groups in total. The summed E-state index contributed by atoms with van der Waals surface area (Å²) in [6.45, 7) is 0.289. The van der Waals surface area contributed by atoms with Crippen LogP contribution in [-0.2, 0) is 12.4 Å². The predicted molar refractivity (Wildman–Crippen MR) is 105 cm³/mol. The summed E-state index contributed by atoms with van der Waals surface area (Å²) in [5, 5.41) is 22.7. The van der Waals surface area contributed by atoms with Crippen molar-refractivity contribution in [3.63, 3.8) is 0 Å². The first-order valence-electron chi connectivity index (χ1n) is 8.27. The third-order valence-corrected chi connectivity index (χ3v) is 6.28. The minimum atomic E-state index is -0.365. The summed E-state index contributed by atoms with van der Waals surface area (Å²) in [6.07, 6.45) is 2.18. The fourth-order valence-corrected chi connectivity index (χ4v) is 4.57. The first-order valence-corrected chi connectivity index (χ1v) is 10.5. The number of hydrogen-bond acceptors (Lipinski definition) is 7. The summed E-state index contributed by atoms with van der Waals surface area (Å²) in [7, 11) is 0. The Hall–Kier alpha value is -2.10. The minimum absolute atomic E-state index is 0.156. The number of ether oxygens (including phenoxy) is 1. The van der Waals surface area contributed by atoms with Crippen LogP contribution in [0.1, 0.15) is 30.3 Å². The second-order valence-corrected chi connectivity index (χ2v) is 8.30.